The highest BCUT2D eigenvalue weighted by atomic mass is 35.5. The van der Waals surface area contributed by atoms with Crippen molar-refractivity contribution in [1.29, 1.82) is 5.26 Å². The Morgan fingerprint density at radius 1 is 1.35 bits per heavy atom. The monoisotopic (exact) mass is 533 g/mol. The minimum atomic E-state index is -0.197. The van der Waals surface area contributed by atoms with Gasteiger partial charge >= 0.3 is 0 Å². The molecule has 1 aliphatic carbocycles. The summed E-state index contributed by atoms with van der Waals surface area (Å²) in [7, 11) is 0. The number of aromatic nitrogens is 3. The second kappa shape index (κ2) is 11.3. The van der Waals surface area contributed by atoms with Crippen LogP contribution in [0.2, 0.25) is 10.0 Å². The van der Waals surface area contributed by atoms with Crippen LogP contribution in [0.25, 0.3) is 0 Å². The van der Waals surface area contributed by atoms with Crippen molar-refractivity contribution in [3.8, 4) is 11.8 Å². The Kier molecular flexibility index (Phi) is 8.16. The number of halogens is 2. The summed E-state index contributed by atoms with van der Waals surface area (Å²) in [5, 5.41) is 23.1. The molecule has 0 radical (unpaired) electrons. The average molecular weight is 534 g/mol. The van der Waals surface area contributed by atoms with Gasteiger partial charge in [0.05, 0.1) is 16.3 Å². The van der Waals surface area contributed by atoms with Crippen LogP contribution in [0.3, 0.4) is 0 Å². The number of amides is 1. The Labute approximate surface area is 215 Å². The molecule has 0 spiro atoms. The number of nitrogens with one attached hydrogen (secondary N) is 1. The van der Waals surface area contributed by atoms with Crippen molar-refractivity contribution in [1.82, 2.24) is 14.8 Å². The number of ether oxygens (including phenoxy) is 1. The molecule has 0 atom stereocenters. The van der Waals surface area contributed by atoms with E-state index in [-0.39, 0.29) is 18.3 Å². The van der Waals surface area contributed by atoms with Crippen molar-refractivity contribution in [2.45, 2.75) is 44.0 Å². The SMILES string of the molecule is C=CCn1c(COc2cc(Cl)ccc2Cl)nnc1SCC(=O)Nc1sc2c(c1C#N)CCCC2. The number of hydrogen-bond donors (Lipinski definition) is 1. The predicted molar refractivity (Wildman–Crippen MR) is 136 cm³/mol. The molecule has 0 bridgehead atoms. The highest BCUT2D eigenvalue weighted by molar-refractivity contribution is 7.99. The fourth-order valence-corrected chi connectivity index (χ4v) is 6.00. The van der Waals surface area contributed by atoms with Gasteiger partial charge in [-0.3, -0.25) is 9.36 Å². The highest BCUT2D eigenvalue weighted by Crippen LogP contribution is 2.37. The number of anilines is 1. The van der Waals surface area contributed by atoms with Crippen molar-refractivity contribution in [3.63, 3.8) is 0 Å². The number of benzene rings is 1. The summed E-state index contributed by atoms with van der Waals surface area (Å²) >= 11 is 15.0. The van der Waals surface area contributed by atoms with Gasteiger partial charge in [-0.25, -0.2) is 0 Å². The molecule has 34 heavy (non-hydrogen) atoms. The maximum Gasteiger partial charge on any atom is 0.235 e. The van der Waals surface area contributed by atoms with Gasteiger partial charge in [-0.2, -0.15) is 5.26 Å². The van der Waals surface area contributed by atoms with Gasteiger partial charge < -0.3 is 10.1 Å². The lowest BCUT2D eigenvalue weighted by Crippen LogP contribution is -2.15. The number of nitriles is 1. The van der Waals surface area contributed by atoms with Gasteiger partial charge in [0.25, 0.3) is 0 Å². The van der Waals surface area contributed by atoms with Gasteiger partial charge in [0.15, 0.2) is 11.0 Å². The second-order valence-electron chi connectivity index (χ2n) is 7.53. The van der Waals surface area contributed by atoms with E-state index in [2.05, 4.69) is 28.2 Å². The molecule has 2 heterocycles. The molecule has 1 N–H and O–H groups in total. The van der Waals surface area contributed by atoms with Crippen LogP contribution >= 0.6 is 46.3 Å². The van der Waals surface area contributed by atoms with Crippen LogP contribution in [0.15, 0.2) is 36.0 Å². The van der Waals surface area contributed by atoms with Crippen molar-refractivity contribution in [2.24, 2.45) is 0 Å². The van der Waals surface area contributed by atoms with Gasteiger partial charge in [0, 0.05) is 22.5 Å². The molecular weight excluding hydrogens is 513 g/mol. The third kappa shape index (κ3) is 5.58. The van der Waals surface area contributed by atoms with E-state index in [0.29, 0.717) is 43.9 Å². The second-order valence-corrected chi connectivity index (χ2v) is 10.4. The predicted octanol–water partition coefficient (Wildman–Crippen LogP) is 5.89. The van der Waals surface area contributed by atoms with Crippen molar-refractivity contribution < 1.29 is 9.53 Å². The Hall–Kier alpha value is -2.51. The van der Waals surface area contributed by atoms with Crippen LogP contribution in [-0.4, -0.2) is 26.4 Å². The largest absolute Gasteiger partial charge is 0.484 e. The number of thioether (sulfide) groups is 1. The van der Waals surface area contributed by atoms with Crippen LogP contribution < -0.4 is 10.1 Å². The fraction of sp³-hybridized carbons (Fsp3) is 0.304. The van der Waals surface area contributed by atoms with Crippen LogP contribution in [0.5, 0.6) is 5.75 Å². The number of aryl methyl sites for hydroxylation is 1. The third-order valence-corrected chi connectivity index (χ3v) is 7.94. The van der Waals surface area contributed by atoms with Gasteiger partial charge in [-0.05, 0) is 43.4 Å². The summed E-state index contributed by atoms with van der Waals surface area (Å²) in [4.78, 5) is 13.9. The number of fused-ring (bicyclic) bond motifs is 1. The molecule has 176 valence electrons. The van der Waals surface area contributed by atoms with E-state index >= 15 is 0 Å². The van der Waals surface area contributed by atoms with Crippen molar-refractivity contribution >= 4 is 57.2 Å². The lowest BCUT2D eigenvalue weighted by molar-refractivity contribution is -0.113. The molecule has 0 saturated carbocycles. The lowest BCUT2D eigenvalue weighted by atomic mass is 9.96. The lowest BCUT2D eigenvalue weighted by Gasteiger charge is -2.10. The molecule has 2 aromatic heterocycles. The number of allylic oxidation sites excluding steroid dienone is 1. The van der Waals surface area contributed by atoms with Crippen LogP contribution in [0.4, 0.5) is 5.00 Å². The molecular formula is C23H21Cl2N5O2S2. The maximum absolute atomic E-state index is 12.7. The Balaban J connectivity index is 1.41. The summed E-state index contributed by atoms with van der Waals surface area (Å²) in [6.07, 6.45) is 5.79. The normalized spacial score (nSPS) is 12.6. The molecule has 0 aliphatic heterocycles. The molecule has 0 saturated heterocycles. The molecule has 0 unspecified atom stereocenters. The number of carbonyl (C=O) groups excluding carboxylic acids is 1. The minimum absolute atomic E-state index is 0.125. The zero-order valence-corrected chi connectivity index (χ0v) is 21.3. The highest BCUT2D eigenvalue weighted by Gasteiger charge is 2.22. The van der Waals surface area contributed by atoms with Gasteiger partial charge in [-0.1, -0.05) is 41.0 Å². The van der Waals surface area contributed by atoms with E-state index < -0.39 is 0 Å². The Morgan fingerprint density at radius 3 is 2.97 bits per heavy atom. The summed E-state index contributed by atoms with van der Waals surface area (Å²) in [5.74, 6) is 0.945. The molecule has 1 aromatic carbocycles. The minimum Gasteiger partial charge on any atom is -0.484 e. The third-order valence-electron chi connectivity index (χ3n) is 5.22. The van der Waals surface area contributed by atoms with E-state index in [1.54, 1.807) is 24.3 Å². The number of rotatable bonds is 9. The Bertz CT molecular complexity index is 1270. The summed E-state index contributed by atoms with van der Waals surface area (Å²) in [6.45, 7) is 4.37. The Morgan fingerprint density at radius 2 is 2.18 bits per heavy atom. The smallest absolute Gasteiger partial charge is 0.235 e. The van der Waals surface area contributed by atoms with E-state index in [0.717, 1.165) is 31.2 Å². The zero-order chi connectivity index (χ0) is 24.1. The first-order valence-electron chi connectivity index (χ1n) is 10.6. The van der Waals surface area contributed by atoms with Crippen LogP contribution in [-0.2, 0) is 30.8 Å². The molecule has 7 nitrogen and oxygen atoms in total. The standard InChI is InChI=1S/C23H21Cl2N5O2S2/c1-2-9-30-20(12-32-18-10-14(24)7-8-17(18)25)28-29-23(30)33-13-21(31)27-22-16(11-26)15-5-3-4-6-19(15)34-22/h2,7-8,10H,1,3-6,9,12-13H2,(H,27,31). The van der Waals surface area contributed by atoms with Crippen LogP contribution in [0, 0.1) is 11.3 Å². The van der Waals surface area contributed by atoms with Gasteiger partial charge in [-0.15, -0.1) is 28.1 Å². The van der Waals surface area contributed by atoms with E-state index in [1.807, 2.05) is 4.57 Å². The first-order chi connectivity index (χ1) is 16.5. The van der Waals surface area contributed by atoms with Crippen LogP contribution in [0.1, 0.15) is 34.7 Å². The maximum atomic E-state index is 12.7. The van der Waals surface area contributed by atoms with Crippen molar-refractivity contribution in [2.75, 3.05) is 11.1 Å². The summed E-state index contributed by atoms with van der Waals surface area (Å²) in [6, 6.07) is 7.25. The zero-order valence-electron chi connectivity index (χ0n) is 18.1. The number of carbonyl (C=O) groups is 1. The molecule has 11 heteroatoms. The van der Waals surface area contributed by atoms with E-state index in [9.17, 15) is 10.1 Å². The number of thiophene rings is 1. The molecule has 4 rings (SSSR count). The van der Waals surface area contributed by atoms with Gasteiger partial charge in [0.2, 0.25) is 5.91 Å². The topological polar surface area (TPSA) is 92.8 Å². The summed E-state index contributed by atoms with van der Waals surface area (Å²) in [5.41, 5.74) is 1.70. The molecule has 0 fully saturated rings. The quantitative estimate of drug-likeness (QED) is 0.272. The first-order valence-corrected chi connectivity index (χ1v) is 13.1. The first kappa shape index (κ1) is 24.6. The molecule has 1 amide bonds. The van der Waals surface area contributed by atoms with E-state index in [1.165, 1.54) is 28.0 Å². The van der Waals surface area contributed by atoms with Crippen molar-refractivity contribution in [3.05, 3.63) is 62.7 Å². The van der Waals surface area contributed by atoms with Gasteiger partial charge in [0.1, 0.15) is 23.4 Å². The number of hydrogen-bond acceptors (Lipinski definition) is 7. The molecule has 3 aromatic rings. The number of nitrogens with zero attached hydrogens (tertiary/aromatic N) is 4. The molecule has 1 aliphatic rings. The van der Waals surface area contributed by atoms with E-state index in [4.69, 9.17) is 27.9 Å². The summed E-state index contributed by atoms with van der Waals surface area (Å²) < 4.78 is 7.61. The fourth-order valence-electron chi connectivity index (χ4n) is 3.64. The average Bonchev–Trinajstić information content (AvgIpc) is 3.38.